The Morgan fingerprint density at radius 1 is 1.12 bits per heavy atom. The Labute approximate surface area is 148 Å². The van der Waals surface area contributed by atoms with Crippen LogP contribution in [0.15, 0.2) is 24.3 Å². The van der Waals surface area contributed by atoms with Crippen LogP contribution in [0.25, 0.3) is 0 Å². The maximum atomic E-state index is 12.3. The van der Waals surface area contributed by atoms with Crippen LogP contribution in [0.1, 0.15) is 23.7 Å². The lowest BCUT2D eigenvalue weighted by molar-refractivity contribution is -0.134. The summed E-state index contributed by atoms with van der Waals surface area (Å²) in [4.78, 5) is 24.1. The lowest BCUT2D eigenvalue weighted by Gasteiger charge is -2.23. The van der Waals surface area contributed by atoms with E-state index in [9.17, 15) is 35.1 Å². The van der Waals surface area contributed by atoms with E-state index < -0.39 is 54.3 Å². The molecule has 1 heterocycles. The molecule has 0 amide bonds. The number of fused-ring (bicyclic) bond motifs is 1. The zero-order valence-corrected chi connectivity index (χ0v) is 13.9. The summed E-state index contributed by atoms with van der Waals surface area (Å²) in [6.45, 7) is 0.916. The largest absolute Gasteiger partial charge is 0.508 e. The molecule has 0 saturated carbocycles. The Bertz CT molecular complexity index is 712. The third kappa shape index (κ3) is 4.51. The molecule has 2 rings (SSSR count). The first-order chi connectivity index (χ1) is 12.2. The molecule has 0 spiro atoms. The van der Waals surface area contributed by atoms with Crippen molar-refractivity contribution in [3.63, 3.8) is 0 Å². The van der Waals surface area contributed by atoms with Gasteiger partial charge >= 0.3 is 5.97 Å². The van der Waals surface area contributed by atoms with E-state index >= 15 is 0 Å². The fourth-order valence-electron chi connectivity index (χ4n) is 2.32. The molecule has 26 heavy (non-hydrogen) atoms. The van der Waals surface area contributed by atoms with E-state index in [1.165, 1.54) is 6.08 Å². The van der Waals surface area contributed by atoms with Crippen molar-refractivity contribution in [3.05, 3.63) is 29.8 Å². The first-order valence-electron chi connectivity index (χ1n) is 7.85. The van der Waals surface area contributed by atoms with Gasteiger partial charge in [0.2, 0.25) is 0 Å². The van der Waals surface area contributed by atoms with Gasteiger partial charge in [-0.05, 0) is 13.0 Å². The van der Waals surface area contributed by atoms with Crippen molar-refractivity contribution >= 4 is 11.8 Å². The number of aliphatic hydroxyl groups is 3. The second-order valence-electron chi connectivity index (χ2n) is 5.91. The molecule has 1 aromatic rings. The molecule has 1 aliphatic heterocycles. The van der Waals surface area contributed by atoms with Crippen LogP contribution in [0.3, 0.4) is 0 Å². The second-order valence-corrected chi connectivity index (χ2v) is 5.91. The summed E-state index contributed by atoms with van der Waals surface area (Å²) in [6.07, 6.45) is -3.58. The SMILES string of the molecule is C[C@@H]1C/C=C\C(=O)[C@@H](O)[C@@H](O)[C@H](O)COc2cc(O)cc(O)c2C(=O)O1. The van der Waals surface area contributed by atoms with Gasteiger partial charge in [0, 0.05) is 18.6 Å². The molecule has 0 radical (unpaired) electrons. The number of hydrogen-bond donors (Lipinski definition) is 5. The average Bonchev–Trinajstić information content (AvgIpc) is 2.56. The minimum absolute atomic E-state index is 0.123. The van der Waals surface area contributed by atoms with Gasteiger partial charge in [0.25, 0.3) is 0 Å². The molecule has 1 aromatic carbocycles. The minimum atomic E-state index is -1.87. The molecule has 4 atom stereocenters. The van der Waals surface area contributed by atoms with Gasteiger partial charge in [0.05, 0.1) is 0 Å². The number of cyclic esters (lactones) is 1. The van der Waals surface area contributed by atoms with Gasteiger partial charge in [-0.2, -0.15) is 0 Å². The molecule has 0 saturated heterocycles. The quantitative estimate of drug-likeness (QED) is 0.386. The van der Waals surface area contributed by atoms with Crippen molar-refractivity contribution in [2.45, 2.75) is 37.8 Å². The van der Waals surface area contributed by atoms with Crippen molar-refractivity contribution in [1.29, 1.82) is 0 Å². The molecule has 0 aromatic heterocycles. The van der Waals surface area contributed by atoms with Crippen LogP contribution < -0.4 is 4.74 Å². The van der Waals surface area contributed by atoms with E-state index in [0.29, 0.717) is 0 Å². The van der Waals surface area contributed by atoms with Crippen molar-refractivity contribution in [3.8, 4) is 17.2 Å². The molecule has 0 fully saturated rings. The van der Waals surface area contributed by atoms with Gasteiger partial charge in [-0.1, -0.05) is 6.08 Å². The highest BCUT2D eigenvalue weighted by Crippen LogP contribution is 2.34. The molecule has 0 unspecified atom stereocenters. The van der Waals surface area contributed by atoms with Crippen molar-refractivity contribution < 1.29 is 44.6 Å². The van der Waals surface area contributed by atoms with Gasteiger partial charge in [-0.3, -0.25) is 4.79 Å². The molecule has 142 valence electrons. The van der Waals surface area contributed by atoms with Crippen LogP contribution in [0.4, 0.5) is 0 Å². The molecule has 5 N–H and O–H groups in total. The number of ether oxygens (including phenoxy) is 2. The Kier molecular flexibility index (Phi) is 6.19. The summed E-state index contributed by atoms with van der Waals surface area (Å²) in [5.41, 5.74) is -0.367. The summed E-state index contributed by atoms with van der Waals surface area (Å²) in [5.74, 6) is -3.06. The fraction of sp³-hybridized carbons (Fsp3) is 0.412. The van der Waals surface area contributed by atoms with E-state index in [0.717, 1.165) is 18.2 Å². The van der Waals surface area contributed by atoms with E-state index in [1.807, 2.05) is 0 Å². The molecule has 0 bridgehead atoms. The van der Waals surface area contributed by atoms with Crippen LogP contribution in [0, 0.1) is 0 Å². The predicted molar refractivity (Wildman–Crippen MR) is 86.9 cm³/mol. The normalized spacial score (nSPS) is 29.1. The van der Waals surface area contributed by atoms with Gasteiger partial charge in [0.15, 0.2) is 5.78 Å². The van der Waals surface area contributed by atoms with E-state index in [1.54, 1.807) is 6.92 Å². The number of aliphatic hydroxyl groups excluding tert-OH is 3. The molecular weight excluding hydrogens is 348 g/mol. The molecular formula is C17H20O9. The van der Waals surface area contributed by atoms with Crippen LogP contribution >= 0.6 is 0 Å². The summed E-state index contributed by atoms with van der Waals surface area (Å²) in [6, 6.07) is 1.94. The first kappa shape index (κ1) is 19.7. The third-order valence-electron chi connectivity index (χ3n) is 3.75. The summed E-state index contributed by atoms with van der Waals surface area (Å²) in [7, 11) is 0. The molecule has 9 heteroatoms. The Hall–Kier alpha value is -2.62. The molecule has 0 aliphatic carbocycles. The number of rotatable bonds is 0. The molecule has 1 aliphatic rings. The lowest BCUT2D eigenvalue weighted by atomic mass is 10.0. The average molecular weight is 368 g/mol. The van der Waals surface area contributed by atoms with E-state index in [4.69, 9.17) is 9.47 Å². The summed E-state index contributed by atoms with van der Waals surface area (Å²) >= 11 is 0. The highest BCUT2D eigenvalue weighted by molar-refractivity contribution is 5.96. The minimum Gasteiger partial charge on any atom is -0.508 e. The second kappa shape index (κ2) is 8.17. The Morgan fingerprint density at radius 3 is 2.50 bits per heavy atom. The van der Waals surface area contributed by atoms with Gasteiger partial charge in [0.1, 0.15) is 53.8 Å². The zero-order valence-electron chi connectivity index (χ0n) is 13.9. The lowest BCUT2D eigenvalue weighted by Crippen LogP contribution is -2.44. The number of esters is 1. The Balaban J connectivity index is 2.40. The van der Waals surface area contributed by atoms with Crippen molar-refractivity contribution in [1.82, 2.24) is 0 Å². The number of aromatic hydroxyl groups is 2. The predicted octanol–water partition coefficient (Wildman–Crippen LogP) is -0.366. The number of ketones is 1. The van der Waals surface area contributed by atoms with Crippen LogP contribution in [-0.2, 0) is 9.53 Å². The zero-order chi connectivity index (χ0) is 19.4. The molecule has 9 nitrogen and oxygen atoms in total. The maximum absolute atomic E-state index is 12.3. The monoisotopic (exact) mass is 368 g/mol. The van der Waals surface area contributed by atoms with Crippen molar-refractivity contribution in [2.75, 3.05) is 6.61 Å². The number of phenols is 2. The summed E-state index contributed by atoms with van der Waals surface area (Å²) in [5, 5.41) is 49.1. The summed E-state index contributed by atoms with van der Waals surface area (Å²) < 4.78 is 10.3. The van der Waals surface area contributed by atoms with Gasteiger partial charge in [-0.25, -0.2) is 4.79 Å². The van der Waals surface area contributed by atoms with Gasteiger partial charge < -0.3 is 35.0 Å². The topological polar surface area (TPSA) is 154 Å². The van der Waals surface area contributed by atoms with Crippen LogP contribution in [-0.4, -0.2) is 68.3 Å². The number of carbonyl (C=O) groups is 2. The highest BCUT2D eigenvalue weighted by Gasteiger charge is 2.31. The van der Waals surface area contributed by atoms with Crippen LogP contribution in [0.2, 0.25) is 0 Å². The smallest absolute Gasteiger partial charge is 0.346 e. The number of benzene rings is 1. The highest BCUT2D eigenvalue weighted by atomic mass is 16.5. The third-order valence-corrected chi connectivity index (χ3v) is 3.75. The van der Waals surface area contributed by atoms with Gasteiger partial charge in [-0.15, -0.1) is 0 Å². The Morgan fingerprint density at radius 2 is 1.81 bits per heavy atom. The van der Waals surface area contributed by atoms with E-state index in [-0.39, 0.29) is 17.7 Å². The standard InChI is InChI=1S/C17H20O9/c1-8-3-2-4-10(19)15(22)16(23)12(21)7-25-13-6-9(18)5-11(20)14(13)17(24)26-8/h2,4-6,8,12,15-16,18,20-23H,3,7H2,1H3/b4-2-/t8-,12-,15-,16+/m1/s1. The maximum Gasteiger partial charge on any atom is 0.346 e. The number of hydrogen-bond acceptors (Lipinski definition) is 9. The van der Waals surface area contributed by atoms with Crippen molar-refractivity contribution in [2.24, 2.45) is 0 Å². The number of carbonyl (C=O) groups excluding carboxylic acids is 2. The fourth-order valence-corrected chi connectivity index (χ4v) is 2.32. The first-order valence-corrected chi connectivity index (χ1v) is 7.85. The van der Waals surface area contributed by atoms with Crippen LogP contribution in [0.5, 0.6) is 17.2 Å². The van der Waals surface area contributed by atoms with E-state index in [2.05, 4.69) is 0 Å². The number of phenolic OH excluding ortho intramolecular Hbond substituents is 2.